The first-order valence-electron chi connectivity index (χ1n) is 6.64. The fourth-order valence-electron chi connectivity index (χ4n) is 2.42. The van der Waals surface area contributed by atoms with Gasteiger partial charge in [-0.3, -0.25) is 4.79 Å². The maximum absolute atomic E-state index is 12.1. The first kappa shape index (κ1) is 13.1. The molecule has 3 N–H and O–H groups in total. The number of nitrogens with zero attached hydrogens (tertiary/aromatic N) is 1. The van der Waals surface area contributed by atoms with Crippen LogP contribution in [0.25, 0.3) is 11.0 Å². The molecule has 2 atom stereocenters. The second-order valence-electron chi connectivity index (χ2n) is 5.18. The molecule has 1 aliphatic heterocycles. The molecule has 1 aromatic heterocycles. The molecule has 0 radical (unpaired) electrons. The topological polar surface area (TPSA) is 87.2 Å². The lowest BCUT2D eigenvalue weighted by Crippen LogP contribution is -2.47. The van der Waals surface area contributed by atoms with E-state index in [2.05, 4.69) is 15.3 Å². The Balaban J connectivity index is 1.69. The molecule has 1 aromatic carbocycles. The number of nitrogens with one attached hydrogen (secondary N) is 2. The molecule has 0 saturated carbocycles. The van der Waals surface area contributed by atoms with Crippen LogP contribution >= 0.6 is 0 Å². The van der Waals surface area contributed by atoms with Gasteiger partial charge in [0.2, 0.25) is 0 Å². The zero-order valence-electron chi connectivity index (χ0n) is 11.2. The first-order valence-corrected chi connectivity index (χ1v) is 6.64. The van der Waals surface area contributed by atoms with Crippen molar-refractivity contribution in [3.05, 3.63) is 30.1 Å². The van der Waals surface area contributed by atoms with Crippen molar-refractivity contribution in [3.63, 3.8) is 0 Å². The Morgan fingerprint density at radius 1 is 1.65 bits per heavy atom. The minimum absolute atomic E-state index is 0.189. The molecule has 0 aliphatic carbocycles. The van der Waals surface area contributed by atoms with Crippen molar-refractivity contribution in [2.24, 2.45) is 0 Å². The van der Waals surface area contributed by atoms with E-state index in [0.717, 1.165) is 11.0 Å². The van der Waals surface area contributed by atoms with Crippen LogP contribution in [0.4, 0.5) is 0 Å². The summed E-state index contributed by atoms with van der Waals surface area (Å²) in [6.45, 7) is 2.53. The average molecular weight is 275 g/mol. The standard InChI is InChI=1S/C14H17N3O3/c1-9-14(19,4-5-20-9)7-15-13(18)10-2-3-11-12(6-10)17-8-16-11/h2-3,6,8-9,19H,4-5,7H2,1H3,(H,15,18)(H,16,17). The smallest absolute Gasteiger partial charge is 0.251 e. The third-order valence-corrected chi connectivity index (χ3v) is 3.90. The predicted molar refractivity (Wildman–Crippen MR) is 73.4 cm³/mol. The Labute approximate surface area is 116 Å². The van der Waals surface area contributed by atoms with Gasteiger partial charge in [-0.1, -0.05) is 0 Å². The van der Waals surface area contributed by atoms with E-state index in [0.29, 0.717) is 18.6 Å². The molecule has 6 heteroatoms. The Kier molecular flexibility index (Phi) is 3.19. The van der Waals surface area contributed by atoms with Crippen LogP contribution in [0, 0.1) is 0 Å². The maximum atomic E-state index is 12.1. The van der Waals surface area contributed by atoms with Gasteiger partial charge in [0.15, 0.2) is 0 Å². The molecule has 0 spiro atoms. The molecule has 6 nitrogen and oxygen atoms in total. The van der Waals surface area contributed by atoms with Crippen LogP contribution in [0.1, 0.15) is 23.7 Å². The van der Waals surface area contributed by atoms with E-state index in [1.54, 1.807) is 24.5 Å². The van der Waals surface area contributed by atoms with Crippen molar-refractivity contribution in [1.29, 1.82) is 0 Å². The van der Waals surface area contributed by atoms with Crippen LogP contribution in [0.5, 0.6) is 0 Å². The van der Waals surface area contributed by atoms with Gasteiger partial charge < -0.3 is 20.1 Å². The monoisotopic (exact) mass is 275 g/mol. The number of aliphatic hydroxyl groups is 1. The molecular formula is C14H17N3O3. The van der Waals surface area contributed by atoms with Gasteiger partial charge in [0.05, 0.1) is 23.5 Å². The summed E-state index contributed by atoms with van der Waals surface area (Å²) >= 11 is 0. The summed E-state index contributed by atoms with van der Waals surface area (Å²) in [6, 6.07) is 5.25. The van der Waals surface area contributed by atoms with Crippen molar-refractivity contribution in [2.75, 3.05) is 13.2 Å². The number of hydrogen-bond donors (Lipinski definition) is 3. The van der Waals surface area contributed by atoms with E-state index in [-0.39, 0.29) is 18.6 Å². The van der Waals surface area contributed by atoms with Gasteiger partial charge in [0.1, 0.15) is 5.60 Å². The fraction of sp³-hybridized carbons (Fsp3) is 0.429. The fourth-order valence-corrected chi connectivity index (χ4v) is 2.42. The van der Waals surface area contributed by atoms with Crippen LogP contribution in [0.3, 0.4) is 0 Å². The van der Waals surface area contributed by atoms with Crippen LogP contribution in [-0.2, 0) is 4.74 Å². The Morgan fingerprint density at radius 2 is 2.50 bits per heavy atom. The summed E-state index contributed by atoms with van der Waals surface area (Å²) in [6.07, 6.45) is 1.86. The van der Waals surface area contributed by atoms with E-state index in [1.807, 2.05) is 6.92 Å². The normalized spacial score (nSPS) is 26.0. The van der Waals surface area contributed by atoms with Crippen molar-refractivity contribution in [3.8, 4) is 0 Å². The molecule has 2 heterocycles. The van der Waals surface area contributed by atoms with Crippen molar-refractivity contribution < 1.29 is 14.6 Å². The van der Waals surface area contributed by atoms with Gasteiger partial charge in [0.25, 0.3) is 5.91 Å². The van der Waals surface area contributed by atoms with Crippen LogP contribution in [0.2, 0.25) is 0 Å². The van der Waals surface area contributed by atoms with E-state index in [4.69, 9.17) is 4.74 Å². The second kappa shape index (κ2) is 4.88. The number of hydrogen-bond acceptors (Lipinski definition) is 4. The number of amides is 1. The number of carbonyl (C=O) groups is 1. The Hall–Kier alpha value is -1.92. The quantitative estimate of drug-likeness (QED) is 0.774. The number of H-pyrrole nitrogens is 1. The number of aromatic amines is 1. The first-order chi connectivity index (χ1) is 9.58. The minimum Gasteiger partial charge on any atom is -0.385 e. The Morgan fingerprint density at radius 3 is 3.25 bits per heavy atom. The molecule has 20 heavy (non-hydrogen) atoms. The molecular weight excluding hydrogens is 258 g/mol. The molecule has 106 valence electrons. The summed E-state index contributed by atoms with van der Waals surface area (Å²) in [5, 5.41) is 13.1. The number of benzene rings is 1. The summed E-state index contributed by atoms with van der Waals surface area (Å²) in [5.74, 6) is -0.214. The van der Waals surface area contributed by atoms with E-state index < -0.39 is 5.60 Å². The molecule has 0 bridgehead atoms. The van der Waals surface area contributed by atoms with Gasteiger partial charge in [-0.05, 0) is 25.1 Å². The largest absolute Gasteiger partial charge is 0.385 e. The van der Waals surface area contributed by atoms with Crippen molar-refractivity contribution in [1.82, 2.24) is 15.3 Å². The number of imidazole rings is 1. The highest BCUT2D eigenvalue weighted by atomic mass is 16.5. The van der Waals surface area contributed by atoms with E-state index in [1.165, 1.54) is 0 Å². The predicted octanol–water partition coefficient (Wildman–Crippen LogP) is 0.833. The minimum atomic E-state index is -0.978. The lowest BCUT2D eigenvalue weighted by Gasteiger charge is -2.26. The zero-order chi connectivity index (χ0) is 14.2. The summed E-state index contributed by atoms with van der Waals surface area (Å²) in [7, 11) is 0. The van der Waals surface area contributed by atoms with Crippen LogP contribution < -0.4 is 5.32 Å². The van der Waals surface area contributed by atoms with E-state index in [9.17, 15) is 9.90 Å². The lowest BCUT2D eigenvalue weighted by molar-refractivity contribution is -0.0251. The SMILES string of the molecule is CC1OCCC1(O)CNC(=O)c1ccc2nc[nH]c2c1. The van der Waals surface area contributed by atoms with Gasteiger partial charge >= 0.3 is 0 Å². The molecule has 1 aliphatic rings. The number of aromatic nitrogens is 2. The highest BCUT2D eigenvalue weighted by molar-refractivity contribution is 5.97. The maximum Gasteiger partial charge on any atom is 0.251 e. The third kappa shape index (κ3) is 2.28. The third-order valence-electron chi connectivity index (χ3n) is 3.90. The van der Waals surface area contributed by atoms with Gasteiger partial charge in [-0.25, -0.2) is 4.98 Å². The number of rotatable bonds is 3. The molecule has 3 rings (SSSR count). The van der Waals surface area contributed by atoms with Gasteiger partial charge in [-0.2, -0.15) is 0 Å². The van der Waals surface area contributed by atoms with Crippen molar-refractivity contribution >= 4 is 16.9 Å². The van der Waals surface area contributed by atoms with Gasteiger partial charge in [-0.15, -0.1) is 0 Å². The molecule has 2 aromatic rings. The highest BCUT2D eigenvalue weighted by Crippen LogP contribution is 2.24. The van der Waals surface area contributed by atoms with E-state index >= 15 is 0 Å². The summed E-state index contributed by atoms with van der Waals surface area (Å²) in [4.78, 5) is 19.2. The molecule has 1 saturated heterocycles. The number of fused-ring (bicyclic) bond motifs is 1. The second-order valence-corrected chi connectivity index (χ2v) is 5.18. The molecule has 2 unspecified atom stereocenters. The van der Waals surface area contributed by atoms with Crippen LogP contribution in [-0.4, -0.2) is 45.8 Å². The number of carbonyl (C=O) groups excluding carboxylic acids is 1. The van der Waals surface area contributed by atoms with Crippen molar-refractivity contribution in [2.45, 2.75) is 25.0 Å². The highest BCUT2D eigenvalue weighted by Gasteiger charge is 2.39. The number of ether oxygens (including phenoxy) is 1. The zero-order valence-corrected chi connectivity index (χ0v) is 11.2. The Bertz CT molecular complexity index is 639. The van der Waals surface area contributed by atoms with Crippen LogP contribution in [0.15, 0.2) is 24.5 Å². The summed E-state index contributed by atoms with van der Waals surface area (Å²) < 4.78 is 5.34. The molecule has 1 amide bonds. The summed E-state index contributed by atoms with van der Waals surface area (Å²) in [5.41, 5.74) is 1.19. The average Bonchev–Trinajstić information content (AvgIpc) is 3.03. The molecule has 1 fully saturated rings. The van der Waals surface area contributed by atoms with Gasteiger partial charge in [0, 0.05) is 25.1 Å². The lowest BCUT2D eigenvalue weighted by atomic mass is 9.96.